The molecule has 0 atom stereocenters. The second kappa shape index (κ2) is 6.04. The zero-order chi connectivity index (χ0) is 13.8. The summed E-state index contributed by atoms with van der Waals surface area (Å²) in [7, 11) is 1.68. The summed E-state index contributed by atoms with van der Waals surface area (Å²) in [5, 5.41) is 3.30. The van der Waals surface area contributed by atoms with Gasteiger partial charge in [-0.2, -0.15) is 0 Å². The van der Waals surface area contributed by atoms with Crippen molar-refractivity contribution in [2.24, 2.45) is 0 Å². The summed E-state index contributed by atoms with van der Waals surface area (Å²) < 4.78 is 6.06. The van der Waals surface area contributed by atoms with E-state index in [4.69, 9.17) is 10.5 Å². The van der Waals surface area contributed by atoms with Gasteiger partial charge in [0.05, 0.1) is 23.0 Å². The fraction of sp³-hybridized carbons (Fsp3) is 0.214. The molecule has 4 nitrogen and oxygen atoms in total. The summed E-state index contributed by atoms with van der Waals surface area (Å²) in [4.78, 5) is 4.31. The first-order chi connectivity index (χ1) is 9.13. The molecule has 2 rings (SSSR count). The maximum atomic E-state index is 5.82. The van der Waals surface area contributed by atoms with Crippen molar-refractivity contribution in [3.05, 3.63) is 46.1 Å². The van der Waals surface area contributed by atoms with Gasteiger partial charge in [0, 0.05) is 18.4 Å². The van der Waals surface area contributed by atoms with Gasteiger partial charge < -0.3 is 15.8 Å². The van der Waals surface area contributed by atoms with Crippen LogP contribution in [0.15, 0.2) is 34.9 Å². The molecule has 1 aromatic heterocycles. The quantitative estimate of drug-likeness (QED) is 0.902. The number of halogens is 1. The van der Waals surface area contributed by atoms with Crippen LogP contribution in [0.1, 0.15) is 11.1 Å². The number of ether oxygens (including phenoxy) is 1. The number of benzene rings is 1. The van der Waals surface area contributed by atoms with Crippen LogP contribution < -0.4 is 11.1 Å². The van der Waals surface area contributed by atoms with E-state index in [0.717, 1.165) is 27.1 Å². The molecule has 0 fully saturated rings. The first kappa shape index (κ1) is 13.8. The third-order valence-corrected chi connectivity index (χ3v) is 3.84. The molecule has 0 aliphatic rings. The summed E-state index contributed by atoms with van der Waals surface area (Å²) >= 11 is 3.52. The SMILES string of the molecule is COCc1ccccc1Nc1ncc(N)c(C)c1Br. The predicted molar refractivity (Wildman–Crippen MR) is 81.5 cm³/mol. The summed E-state index contributed by atoms with van der Waals surface area (Å²) in [6.45, 7) is 2.50. The highest BCUT2D eigenvalue weighted by atomic mass is 79.9. The van der Waals surface area contributed by atoms with Gasteiger partial charge in [-0.25, -0.2) is 4.98 Å². The molecule has 0 bridgehead atoms. The van der Waals surface area contributed by atoms with Crippen LogP contribution in [-0.2, 0) is 11.3 Å². The number of methoxy groups -OCH3 is 1. The topological polar surface area (TPSA) is 60.2 Å². The normalized spacial score (nSPS) is 10.5. The van der Waals surface area contributed by atoms with Crippen molar-refractivity contribution in [1.82, 2.24) is 4.98 Å². The minimum Gasteiger partial charge on any atom is -0.397 e. The average molecular weight is 322 g/mol. The molecule has 0 aliphatic carbocycles. The van der Waals surface area contributed by atoms with Crippen molar-refractivity contribution in [2.75, 3.05) is 18.2 Å². The molecule has 0 aliphatic heterocycles. The van der Waals surface area contributed by atoms with E-state index in [1.54, 1.807) is 13.3 Å². The van der Waals surface area contributed by atoms with E-state index < -0.39 is 0 Å². The lowest BCUT2D eigenvalue weighted by atomic mass is 10.2. The summed E-state index contributed by atoms with van der Waals surface area (Å²) in [6.07, 6.45) is 1.65. The monoisotopic (exact) mass is 321 g/mol. The van der Waals surface area contributed by atoms with Crippen molar-refractivity contribution in [2.45, 2.75) is 13.5 Å². The highest BCUT2D eigenvalue weighted by Gasteiger charge is 2.09. The number of rotatable bonds is 4. The fourth-order valence-electron chi connectivity index (χ4n) is 1.73. The Kier molecular flexibility index (Phi) is 4.39. The van der Waals surface area contributed by atoms with Gasteiger partial charge in [-0.05, 0) is 34.5 Å². The Labute approximate surface area is 121 Å². The van der Waals surface area contributed by atoms with Gasteiger partial charge in [-0.1, -0.05) is 18.2 Å². The standard InChI is InChI=1S/C14H16BrN3O/c1-9-11(16)7-17-14(13(9)15)18-12-6-4-3-5-10(12)8-19-2/h3-7H,8,16H2,1-2H3,(H,17,18). The first-order valence-corrected chi connectivity index (χ1v) is 6.67. The second-order valence-electron chi connectivity index (χ2n) is 4.22. The molecular weight excluding hydrogens is 306 g/mol. The van der Waals surface area contributed by atoms with E-state index in [1.807, 2.05) is 31.2 Å². The molecule has 0 radical (unpaired) electrons. The molecule has 19 heavy (non-hydrogen) atoms. The molecule has 0 spiro atoms. The van der Waals surface area contributed by atoms with Gasteiger partial charge in [-0.15, -0.1) is 0 Å². The van der Waals surface area contributed by atoms with Crippen molar-refractivity contribution in [3.8, 4) is 0 Å². The number of nitrogens with two attached hydrogens (primary N) is 1. The molecule has 2 aromatic rings. The number of pyridine rings is 1. The van der Waals surface area contributed by atoms with Crippen LogP contribution in [0, 0.1) is 6.92 Å². The molecule has 100 valence electrons. The highest BCUT2D eigenvalue weighted by molar-refractivity contribution is 9.10. The lowest BCUT2D eigenvalue weighted by Crippen LogP contribution is -2.02. The zero-order valence-electron chi connectivity index (χ0n) is 10.9. The van der Waals surface area contributed by atoms with E-state index >= 15 is 0 Å². The zero-order valence-corrected chi connectivity index (χ0v) is 12.5. The van der Waals surface area contributed by atoms with Crippen LogP contribution >= 0.6 is 15.9 Å². The van der Waals surface area contributed by atoms with Crippen LogP contribution in [0.4, 0.5) is 17.2 Å². The fourth-order valence-corrected chi connectivity index (χ4v) is 2.16. The molecule has 0 saturated carbocycles. The van der Waals surface area contributed by atoms with E-state index in [9.17, 15) is 0 Å². The van der Waals surface area contributed by atoms with Gasteiger partial charge in [0.2, 0.25) is 0 Å². The maximum absolute atomic E-state index is 5.82. The van der Waals surface area contributed by atoms with Crippen LogP contribution in [-0.4, -0.2) is 12.1 Å². The third kappa shape index (κ3) is 3.05. The average Bonchev–Trinajstić information content (AvgIpc) is 2.42. The Morgan fingerprint density at radius 2 is 2.11 bits per heavy atom. The van der Waals surface area contributed by atoms with Crippen molar-refractivity contribution < 1.29 is 4.74 Å². The number of hydrogen-bond acceptors (Lipinski definition) is 4. The summed E-state index contributed by atoms with van der Waals surface area (Å²) in [6, 6.07) is 7.97. The minimum atomic E-state index is 0.550. The Balaban J connectivity index is 2.34. The number of anilines is 3. The van der Waals surface area contributed by atoms with Gasteiger partial charge >= 0.3 is 0 Å². The van der Waals surface area contributed by atoms with Gasteiger partial charge in [0.15, 0.2) is 0 Å². The largest absolute Gasteiger partial charge is 0.397 e. The Bertz CT molecular complexity index is 587. The highest BCUT2D eigenvalue weighted by Crippen LogP contribution is 2.30. The lowest BCUT2D eigenvalue weighted by molar-refractivity contribution is 0.185. The predicted octanol–water partition coefficient (Wildman–Crippen LogP) is 3.62. The van der Waals surface area contributed by atoms with Crippen LogP contribution in [0.25, 0.3) is 0 Å². The van der Waals surface area contributed by atoms with Crippen LogP contribution in [0.5, 0.6) is 0 Å². The number of nitrogens with zero attached hydrogens (tertiary/aromatic N) is 1. The third-order valence-electron chi connectivity index (χ3n) is 2.87. The number of nitrogens with one attached hydrogen (secondary N) is 1. The Hall–Kier alpha value is -1.59. The second-order valence-corrected chi connectivity index (χ2v) is 5.01. The Morgan fingerprint density at radius 3 is 2.84 bits per heavy atom. The first-order valence-electron chi connectivity index (χ1n) is 5.88. The van der Waals surface area contributed by atoms with Crippen LogP contribution in [0.3, 0.4) is 0 Å². The molecule has 3 N–H and O–H groups in total. The molecule has 0 saturated heterocycles. The Morgan fingerprint density at radius 1 is 1.37 bits per heavy atom. The molecule has 1 heterocycles. The van der Waals surface area contributed by atoms with Crippen LogP contribution in [0.2, 0.25) is 0 Å². The van der Waals surface area contributed by atoms with E-state index in [1.165, 1.54) is 0 Å². The van der Waals surface area contributed by atoms with E-state index in [0.29, 0.717) is 12.3 Å². The van der Waals surface area contributed by atoms with E-state index in [-0.39, 0.29) is 0 Å². The van der Waals surface area contributed by atoms with Gasteiger partial charge in [-0.3, -0.25) is 0 Å². The number of aromatic nitrogens is 1. The molecule has 0 amide bonds. The lowest BCUT2D eigenvalue weighted by Gasteiger charge is -2.13. The number of hydrogen-bond donors (Lipinski definition) is 2. The summed E-state index contributed by atoms with van der Waals surface area (Å²) in [5.74, 6) is 0.746. The van der Waals surface area contributed by atoms with E-state index in [2.05, 4.69) is 26.2 Å². The molecule has 0 unspecified atom stereocenters. The van der Waals surface area contributed by atoms with Gasteiger partial charge in [0.25, 0.3) is 0 Å². The minimum absolute atomic E-state index is 0.550. The van der Waals surface area contributed by atoms with Crippen molar-refractivity contribution >= 4 is 33.1 Å². The maximum Gasteiger partial charge on any atom is 0.145 e. The molecular formula is C14H16BrN3O. The van der Waals surface area contributed by atoms with Gasteiger partial charge in [0.1, 0.15) is 5.82 Å². The van der Waals surface area contributed by atoms with Crippen molar-refractivity contribution in [1.29, 1.82) is 0 Å². The van der Waals surface area contributed by atoms with Crippen molar-refractivity contribution in [3.63, 3.8) is 0 Å². The molecule has 1 aromatic carbocycles. The number of para-hydroxylation sites is 1. The number of nitrogen functional groups attached to an aromatic ring is 1. The smallest absolute Gasteiger partial charge is 0.145 e. The molecule has 5 heteroatoms. The summed E-state index contributed by atoms with van der Waals surface area (Å²) in [5.41, 5.74) is 9.51.